The topological polar surface area (TPSA) is 54.5 Å². The number of anilines is 1. The maximum Gasteiger partial charge on any atom is 0.407 e. The second-order valence-electron chi connectivity index (χ2n) is 6.22. The Morgan fingerprint density at radius 2 is 2.20 bits per heavy atom. The molecule has 0 spiro atoms. The number of carbonyl (C=O) groups is 1. The lowest BCUT2D eigenvalue weighted by Crippen LogP contribution is -2.40. The van der Waals surface area contributed by atoms with Crippen LogP contribution < -0.4 is 10.2 Å². The number of hydrogen-bond donors (Lipinski definition) is 1. The predicted octanol–water partition coefficient (Wildman–Crippen LogP) is 2.49. The third kappa shape index (κ3) is 4.11. The highest BCUT2D eigenvalue weighted by Gasteiger charge is 2.26. The van der Waals surface area contributed by atoms with Gasteiger partial charge in [-0.3, -0.25) is 0 Å². The maximum absolute atomic E-state index is 11.7. The molecule has 0 aromatic carbocycles. The Hall–Kier alpha value is -1.78. The lowest BCUT2D eigenvalue weighted by atomic mass is 10.2. The molecule has 110 valence electrons. The van der Waals surface area contributed by atoms with Crippen molar-refractivity contribution in [3.63, 3.8) is 0 Å². The first-order valence-electron chi connectivity index (χ1n) is 7.01. The lowest BCUT2D eigenvalue weighted by Gasteiger charge is -2.22. The zero-order chi connectivity index (χ0) is 14.8. The molecule has 0 unspecified atom stereocenters. The third-order valence-electron chi connectivity index (χ3n) is 3.11. The number of nitrogens with zero attached hydrogens (tertiary/aromatic N) is 2. The minimum Gasteiger partial charge on any atom is -0.444 e. The third-order valence-corrected chi connectivity index (χ3v) is 3.11. The monoisotopic (exact) mass is 277 g/mol. The van der Waals surface area contributed by atoms with Gasteiger partial charge in [0.15, 0.2) is 0 Å². The number of carbonyl (C=O) groups excluding carboxylic acids is 1. The Morgan fingerprint density at radius 1 is 1.45 bits per heavy atom. The summed E-state index contributed by atoms with van der Waals surface area (Å²) in [7, 11) is 0. The van der Waals surface area contributed by atoms with E-state index in [9.17, 15) is 4.79 Å². The van der Waals surface area contributed by atoms with E-state index in [1.807, 2.05) is 45.9 Å². The molecule has 2 rings (SSSR count). The average Bonchev–Trinajstić information content (AvgIpc) is 2.74. The van der Waals surface area contributed by atoms with Crippen LogP contribution in [0.2, 0.25) is 0 Å². The summed E-state index contributed by atoms with van der Waals surface area (Å²) in [6.45, 7) is 9.25. The molecule has 1 aromatic rings. The van der Waals surface area contributed by atoms with Crippen LogP contribution >= 0.6 is 0 Å². The minimum atomic E-state index is -0.458. The van der Waals surface area contributed by atoms with Crippen LogP contribution in [0.3, 0.4) is 0 Å². The van der Waals surface area contributed by atoms with Gasteiger partial charge in [0.1, 0.15) is 11.4 Å². The molecule has 1 aromatic heterocycles. The van der Waals surface area contributed by atoms with E-state index in [4.69, 9.17) is 4.74 Å². The molecule has 0 radical (unpaired) electrons. The van der Waals surface area contributed by atoms with Crippen LogP contribution in [0.5, 0.6) is 0 Å². The van der Waals surface area contributed by atoms with E-state index < -0.39 is 5.60 Å². The first kappa shape index (κ1) is 14.6. The first-order chi connectivity index (χ1) is 9.33. The number of aromatic nitrogens is 1. The highest BCUT2D eigenvalue weighted by atomic mass is 16.6. The highest BCUT2D eigenvalue weighted by molar-refractivity contribution is 5.68. The molecule has 0 saturated carbocycles. The summed E-state index contributed by atoms with van der Waals surface area (Å²) < 4.78 is 5.28. The summed E-state index contributed by atoms with van der Waals surface area (Å²) in [5, 5.41) is 2.92. The van der Waals surface area contributed by atoms with Crippen molar-refractivity contribution in [2.24, 2.45) is 0 Å². The molecule has 0 bridgehead atoms. The van der Waals surface area contributed by atoms with Gasteiger partial charge < -0.3 is 15.0 Å². The Kier molecular flexibility index (Phi) is 4.16. The van der Waals surface area contributed by atoms with Gasteiger partial charge in [0.25, 0.3) is 0 Å². The van der Waals surface area contributed by atoms with Crippen molar-refractivity contribution in [3.8, 4) is 0 Å². The van der Waals surface area contributed by atoms with Crippen LogP contribution in [0.15, 0.2) is 18.2 Å². The van der Waals surface area contributed by atoms with Crippen LogP contribution in [0.1, 0.15) is 32.9 Å². The van der Waals surface area contributed by atoms with E-state index in [0.29, 0.717) is 0 Å². The molecule has 1 aliphatic rings. The summed E-state index contributed by atoms with van der Waals surface area (Å²) >= 11 is 0. The van der Waals surface area contributed by atoms with Crippen molar-refractivity contribution in [1.29, 1.82) is 0 Å². The van der Waals surface area contributed by atoms with E-state index in [1.165, 1.54) is 0 Å². The van der Waals surface area contributed by atoms with Gasteiger partial charge in [-0.1, -0.05) is 6.07 Å². The first-order valence-corrected chi connectivity index (χ1v) is 7.01. The van der Waals surface area contributed by atoms with Gasteiger partial charge in [-0.2, -0.15) is 0 Å². The molecule has 1 amide bonds. The van der Waals surface area contributed by atoms with Crippen LogP contribution in [-0.2, 0) is 4.74 Å². The number of ether oxygens (including phenoxy) is 1. The fourth-order valence-electron chi connectivity index (χ4n) is 2.27. The smallest absolute Gasteiger partial charge is 0.407 e. The number of rotatable bonds is 2. The van der Waals surface area contributed by atoms with Crippen molar-refractivity contribution in [3.05, 3.63) is 23.9 Å². The fraction of sp³-hybridized carbons (Fsp3) is 0.600. The van der Waals surface area contributed by atoms with Crippen molar-refractivity contribution >= 4 is 11.9 Å². The predicted molar refractivity (Wildman–Crippen MR) is 79.0 cm³/mol. The standard InChI is InChI=1S/C15H23N3O2/c1-11-6-5-7-13(16-11)18-9-8-12(10-18)17-14(19)20-15(2,3)4/h5-7,12H,8-10H2,1-4H3,(H,17,19)/t12-/m0/s1. The summed E-state index contributed by atoms with van der Waals surface area (Å²) in [6.07, 6.45) is 0.566. The second kappa shape index (κ2) is 5.69. The molecule has 20 heavy (non-hydrogen) atoms. The number of pyridine rings is 1. The molecule has 1 fully saturated rings. The molecule has 1 aliphatic heterocycles. The number of hydrogen-bond acceptors (Lipinski definition) is 4. The van der Waals surface area contributed by atoms with Crippen molar-refractivity contribution in [2.75, 3.05) is 18.0 Å². The van der Waals surface area contributed by atoms with Crippen molar-refractivity contribution < 1.29 is 9.53 Å². The van der Waals surface area contributed by atoms with Crippen molar-refractivity contribution in [2.45, 2.75) is 45.8 Å². The van der Waals surface area contributed by atoms with Crippen LogP contribution in [0.4, 0.5) is 10.6 Å². The highest BCUT2D eigenvalue weighted by Crippen LogP contribution is 2.18. The zero-order valence-electron chi connectivity index (χ0n) is 12.6. The molecular formula is C15H23N3O2. The van der Waals surface area contributed by atoms with Crippen LogP contribution in [0.25, 0.3) is 0 Å². The van der Waals surface area contributed by atoms with Gasteiger partial charge >= 0.3 is 6.09 Å². The van der Waals surface area contributed by atoms with E-state index in [1.54, 1.807) is 0 Å². The Morgan fingerprint density at radius 3 is 2.85 bits per heavy atom. The van der Waals surface area contributed by atoms with Gasteiger partial charge in [0.2, 0.25) is 0 Å². The molecule has 0 aliphatic carbocycles. The Bertz CT molecular complexity index is 482. The van der Waals surface area contributed by atoms with Gasteiger partial charge in [0, 0.05) is 18.8 Å². The van der Waals surface area contributed by atoms with Crippen molar-refractivity contribution in [1.82, 2.24) is 10.3 Å². The van der Waals surface area contributed by atoms with E-state index in [-0.39, 0.29) is 12.1 Å². The van der Waals surface area contributed by atoms with Gasteiger partial charge in [-0.15, -0.1) is 0 Å². The quantitative estimate of drug-likeness (QED) is 0.902. The average molecular weight is 277 g/mol. The molecule has 2 heterocycles. The van der Waals surface area contributed by atoms with Gasteiger partial charge in [0.05, 0.1) is 6.04 Å². The van der Waals surface area contributed by atoms with Gasteiger partial charge in [-0.25, -0.2) is 9.78 Å². The number of nitrogens with one attached hydrogen (secondary N) is 1. The summed E-state index contributed by atoms with van der Waals surface area (Å²) in [4.78, 5) is 18.4. The Balaban J connectivity index is 1.88. The SMILES string of the molecule is Cc1cccc(N2CC[C@H](NC(=O)OC(C)(C)C)C2)n1. The molecule has 1 N–H and O–H groups in total. The number of aryl methyl sites for hydroxylation is 1. The van der Waals surface area contributed by atoms with Crippen LogP contribution in [0, 0.1) is 6.92 Å². The summed E-state index contributed by atoms with van der Waals surface area (Å²) in [5.74, 6) is 0.971. The molecule has 5 nitrogen and oxygen atoms in total. The summed E-state index contributed by atoms with van der Waals surface area (Å²) in [6, 6.07) is 6.11. The summed E-state index contributed by atoms with van der Waals surface area (Å²) in [5.41, 5.74) is 0.548. The molecule has 1 saturated heterocycles. The Labute approximate surface area is 120 Å². The maximum atomic E-state index is 11.7. The van der Waals surface area contributed by atoms with E-state index in [0.717, 1.165) is 31.0 Å². The van der Waals surface area contributed by atoms with Gasteiger partial charge in [-0.05, 0) is 46.2 Å². The largest absolute Gasteiger partial charge is 0.444 e. The fourth-order valence-corrected chi connectivity index (χ4v) is 2.27. The molecule has 5 heteroatoms. The van der Waals surface area contributed by atoms with E-state index in [2.05, 4.69) is 15.2 Å². The number of amides is 1. The number of alkyl carbamates (subject to hydrolysis) is 1. The minimum absolute atomic E-state index is 0.118. The second-order valence-corrected chi connectivity index (χ2v) is 6.22. The molecule has 1 atom stereocenters. The zero-order valence-corrected chi connectivity index (χ0v) is 12.6. The molecular weight excluding hydrogens is 254 g/mol. The lowest BCUT2D eigenvalue weighted by molar-refractivity contribution is 0.0509. The van der Waals surface area contributed by atoms with E-state index >= 15 is 0 Å². The van der Waals surface area contributed by atoms with Crippen LogP contribution in [-0.4, -0.2) is 35.8 Å². The normalized spacial score (nSPS) is 19.0.